The molecule has 0 spiro atoms. The highest BCUT2D eigenvalue weighted by atomic mass is 14.7. The van der Waals surface area contributed by atoms with Crippen LogP contribution < -0.4 is 11.2 Å². The molecule has 1 aromatic heterocycles. The highest BCUT2D eigenvalue weighted by Gasteiger charge is 1.96. The average molecular weight is 154 g/mol. The number of pyridine rings is 1. The van der Waals surface area contributed by atoms with Crippen molar-refractivity contribution in [3.63, 3.8) is 0 Å². The lowest BCUT2D eigenvalue weighted by Gasteiger charge is -2.01. The Balaban J connectivity index is 2.88. The first kappa shape index (κ1) is 7.16. The van der Waals surface area contributed by atoms with Gasteiger partial charge in [-0.1, -0.05) is 17.6 Å². The van der Waals surface area contributed by atoms with Gasteiger partial charge in [-0.05, 0) is 12.1 Å². The van der Waals surface area contributed by atoms with Crippen LogP contribution in [0.2, 0.25) is 0 Å². The van der Waals surface area contributed by atoms with E-state index in [2.05, 4.69) is 4.98 Å². The zero-order valence-electron chi connectivity index (χ0n) is 6.49. The van der Waals surface area contributed by atoms with Crippen LogP contribution in [0.25, 0.3) is 10.9 Å². The summed E-state index contributed by atoms with van der Waals surface area (Å²) in [5.74, 6) is 0. The monoisotopic (exact) mass is 154 g/mol. The predicted octanol–water partition coefficient (Wildman–Crippen LogP) is 0.611. The van der Waals surface area contributed by atoms with Crippen LogP contribution in [-0.2, 0) is 0 Å². The van der Waals surface area contributed by atoms with Crippen molar-refractivity contribution >= 4 is 29.9 Å². The lowest BCUT2D eigenvalue weighted by Crippen LogP contribution is -2.01. The van der Waals surface area contributed by atoms with Gasteiger partial charge in [0.2, 0.25) is 0 Å². The van der Waals surface area contributed by atoms with E-state index in [4.69, 9.17) is 13.6 Å². The van der Waals surface area contributed by atoms with Crippen LogP contribution in [0.3, 0.4) is 0 Å². The van der Waals surface area contributed by atoms with Gasteiger partial charge in [-0.2, -0.15) is 0 Å². The fourth-order valence-corrected chi connectivity index (χ4v) is 1.19. The van der Waals surface area contributed by atoms with Crippen LogP contribution in [0, 0.1) is 0 Å². The molecule has 3 heteroatoms. The molecule has 2 radical (unpaired) electrons. The summed E-state index contributed by atoms with van der Waals surface area (Å²) in [6.07, 6.45) is 1.69. The number of rotatable bonds is 0. The molecular weight excluding hydrogens is 147 g/mol. The number of nitrogens with two attached hydrogens (primary N) is 1. The Labute approximate surface area is 71.8 Å². The van der Waals surface area contributed by atoms with E-state index in [9.17, 15) is 0 Å². The smallest absolute Gasteiger partial charge is 0.113 e. The van der Waals surface area contributed by atoms with Gasteiger partial charge in [-0.25, -0.2) is 0 Å². The molecule has 0 unspecified atom stereocenters. The van der Waals surface area contributed by atoms with E-state index in [1.807, 2.05) is 18.2 Å². The molecule has 2 aromatic rings. The summed E-state index contributed by atoms with van der Waals surface area (Å²) in [4.78, 5) is 4.15. The van der Waals surface area contributed by atoms with Crippen molar-refractivity contribution in [3.05, 3.63) is 30.5 Å². The Bertz CT molecular complexity index is 426. The maximum atomic E-state index is 5.73. The zero-order chi connectivity index (χ0) is 8.55. The molecule has 1 aromatic carbocycles. The summed E-state index contributed by atoms with van der Waals surface area (Å²) in [5, 5.41) is 0.914. The van der Waals surface area contributed by atoms with Gasteiger partial charge >= 0.3 is 0 Å². The van der Waals surface area contributed by atoms with Crippen LogP contribution in [0.15, 0.2) is 30.5 Å². The highest BCUT2D eigenvalue weighted by molar-refractivity contribution is 6.33. The van der Waals surface area contributed by atoms with Crippen molar-refractivity contribution in [3.8, 4) is 0 Å². The van der Waals surface area contributed by atoms with Gasteiger partial charge in [0.1, 0.15) is 7.85 Å². The van der Waals surface area contributed by atoms with E-state index in [1.165, 1.54) is 0 Å². The molecule has 2 rings (SSSR count). The zero-order valence-corrected chi connectivity index (χ0v) is 6.49. The molecule has 2 N–H and O–H groups in total. The second kappa shape index (κ2) is 2.52. The summed E-state index contributed by atoms with van der Waals surface area (Å²) in [6.45, 7) is 0. The first-order valence-electron chi connectivity index (χ1n) is 3.67. The molecule has 56 valence electrons. The summed E-state index contributed by atoms with van der Waals surface area (Å²) in [6, 6.07) is 7.27. The number of nitrogen functional groups attached to an aromatic ring is 1. The summed E-state index contributed by atoms with van der Waals surface area (Å²) in [5.41, 5.74) is 8.03. The van der Waals surface area contributed by atoms with Gasteiger partial charge in [0, 0.05) is 17.3 Å². The van der Waals surface area contributed by atoms with Gasteiger partial charge in [-0.3, -0.25) is 4.98 Å². The largest absolute Gasteiger partial charge is 0.398 e. The van der Waals surface area contributed by atoms with E-state index in [1.54, 1.807) is 12.3 Å². The van der Waals surface area contributed by atoms with Crippen LogP contribution in [0.5, 0.6) is 0 Å². The number of fused-ring (bicyclic) bond motifs is 1. The van der Waals surface area contributed by atoms with Crippen LogP contribution in [0.1, 0.15) is 0 Å². The van der Waals surface area contributed by atoms with E-state index in [0.717, 1.165) is 10.9 Å². The molecule has 0 amide bonds. The van der Waals surface area contributed by atoms with Crippen LogP contribution >= 0.6 is 0 Å². The lowest BCUT2D eigenvalue weighted by atomic mass is 9.94. The SMILES string of the molecule is [B]c1ccc2nccc(N)c2c1. The summed E-state index contributed by atoms with van der Waals surface area (Å²) >= 11 is 0. The molecule has 2 nitrogen and oxygen atoms in total. The molecule has 0 fully saturated rings. The predicted molar refractivity (Wildman–Crippen MR) is 51.5 cm³/mol. The molecular formula is C9H7BN2. The normalized spacial score (nSPS) is 10.3. The first-order valence-corrected chi connectivity index (χ1v) is 3.67. The maximum Gasteiger partial charge on any atom is 0.113 e. The third-order valence-corrected chi connectivity index (χ3v) is 1.80. The number of nitrogens with zero attached hydrogens (tertiary/aromatic N) is 1. The summed E-state index contributed by atoms with van der Waals surface area (Å²) < 4.78 is 0. The van der Waals surface area contributed by atoms with Crippen molar-refractivity contribution in [2.75, 3.05) is 5.73 Å². The third-order valence-electron chi connectivity index (χ3n) is 1.80. The Morgan fingerprint density at radius 3 is 2.92 bits per heavy atom. The summed E-state index contributed by atoms with van der Waals surface area (Å²) in [7, 11) is 5.61. The minimum absolute atomic E-state index is 0.710. The van der Waals surface area contributed by atoms with Crippen molar-refractivity contribution in [2.24, 2.45) is 0 Å². The van der Waals surface area contributed by atoms with Crippen molar-refractivity contribution < 1.29 is 0 Å². The number of hydrogen-bond acceptors (Lipinski definition) is 2. The minimum Gasteiger partial charge on any atom is -0.398 e. The molecule has 0 saturated carbocycles. The van der Waals surface area contributed by atoms with E-state index in [0.29, 0.717) is 11.2 Å². The first-order chi connectivity index (χ1) is 5.77. The minimum atomic E-state index is 0.710. The molecule has 12 heavy (non-hydrogen) atoms. The number of hydrogen-bond donors (Lipinski definition) is 1. The van der Waals surface area contributed by atoms with Crippen LogP contribution in [-0.4, -0.2) is 12.8 Å². The lowest BCUT2D eigenvalue weighted by molar-refractivity contribution is 1.42. The molecule has 0 aliphatic heterocycles. The molecule has 0 saturated heterocycles. The second-order valence-electron chi connectivity index (χ2n) is 2.68. The van der Waals surface area contributed by atoms with E-state index >= 15 is 0 Å². The average Bonchev–Trinajstić information content (AvgIpc) is 2.07. The molecule has 0 aliphatic rings. The van der Waals surface area contributed by atoms with Gasteiger partial charge < -0.3 is 5.73 Å². The second-order valence-corrected chi connectivity index (χ2v) is 2.68. The fraction of sp³-hybridized carbons (Fsp3) is 0. The van der Waals surface area contributed by atoms with Crippen molar-refractivity contribution in [1.82, 2.24) is 4.98 Å². The molecule has 0 aliphatic carbocycles. The van der Waals surface area contributed by atoms with Gasteiger partial charge in [0.15, 0.2) is 0 Å². The van der Waals surface area contributed by atoms with Crippen molar-refractivity contribution in [1.29, 1.82) is 0 Å². The van der Waals surface area contributed by atoms with Crippen LogP contribution in [0.4, 0.5) is 5.69 Å². The number of benzene rings is 1. The Morgan fingerprint density at radius 1 is 1.25 bits per heavy atom. The molecule has 1 heterocycles. The Kier molecular flexibility index (Phi) is 1.50. The number of aromatic nitrogens is 1. The van der Waals surface area contributed by atoms with E-state index < -0.39 is 0 Å². The molecule has 0 atom stereocenters. The quantitative estimate of drug-likeness (QED) is 0.564. The molecule has 0 bridgehead atoms. The highest BCUT2D eigenvalue weighted by Crippen LogP contribution is 2.15. The number of anilines is 1. The Hall–Kier alpha value is -1.51. The fourth-order valence-electron chi connectivity index (χ4n) is 1.19. The van der Waals surface area contributed by atoms with Gasteiger partial charge in [0.25, 0.3) is 0 Å². The van der Waals surface area contributed by atoms with Gasteiger partial charge in [0.05, 0.1) is 5.52 Å². The maximum absolute atomic E-state index is 5.73. The topological polar surface area (TPSA) is 38.9 Å². The van der Waals surface area contributed by atoms with Crippen molar-refractivity contribution in [2.45, 2.75) is 0 Å². The van der Waals surface area contributed by atoms with Gasteiger partial charge in [-0.15, -0.1) is 0 Å². The third kappa shape index (κ3) is 1.03. The Morgan fingerprint density at radius 2 is 2.08 bits per heavy atom. The standard InChI is InChI=1S/C9H7BN2/c10-6-1-2-9-7(5-6)8(11)3-4-12-9/h1-5H,(H2,11,12). The van der Waals surface area contributed by atoms with E-state index in [-0.39, 0.29) is 0 Å².